The minimum atomic E-state index is -1.54. The number of carboxylic acid groups (broad SMARTS) is 1. The van der Waals surface area contributed by atoms with E-state index in [1.165, 1.54) is 12.1 Å². The molecule has 0 unspecified atom stereocenters. The van der Waals surface area contributed by atoms with E-state index in [2.05, 4.69) is 4.98 Å². The first-order valence-electron chi connectivity index (χ1n) is 6.56. The minimum Gasteiger partial charge on any atom is -0.477 e. The van der Waals surface area contributed by atoms with Gasteiger partial charge < -0.3 is 10.1 Å². The van der Waals surface area contributed by atoms with Gasteiger partial charge in [0.1, 0.15) is 11.3 Å². The highest BCUT2D eigenvalue weighted by Gasteiger charge is 2.26. The van der Waals surface area contributed by atoms with Gasteiger partial charge in [0.25, 0.3) is 5.56 Å². The van der Waals surface area contributed by atoms with Crippen molar-refractivity contribution in [1.29, 1.82) is 0 Å². The van der Waals surface area contributed by atoms with Crippen molar-refractivity contribution in [1.82, 2.24) is 9.55 Å². The van der Waals surface area contributed by atoms with Gasteiger partial charge in [0.2, 0.25) is 5.78 Å². The Morgan fingerprint density at radius 2 is 1.73 bits per heavy atom. The lowest BCUT2D eigenvalue weighted by atomic mass is 10.0. The summed E-state index contributed by atoms with van der Waals surface area (Å²) in [4.78, 5) is 50.1. The van der Waals surface area contributed by atoms with Crippen molar-refractivity contribution in [2.45, 2.75) is 19.9 Å². The van der Waals surface area contributed by atoms with Crippen LogP contribution >= 0.6 is 0 Å². The molecule has 2 N–H and O–H groups in total. The first-order chi connectivity index (χ1) is 10.3. The van der Waals surface area contributed by atoms with Crippen LogP contribution in [0.4, 0.5) is 0 Å². The minimum absolute atomic E-state index is 0.171. The van der Waals surface area contributed by atoms with Gasteiger partial charge in [0.15, 0.2) is 0 Å². The van der Waals surface area contributed by atoms with E-state index in [1.54, 1.807) is 32.0 Å². The molecule has 0 aliphatic heterocycles. The maximum absolute atomic E-state index is 12.5. The van der Waals surface area contributed by atoms with E-state index in [4.69, 9.17) is 5.11 Å². The van der Waals surface area contributed by atoms with Gasteiger partial charge in [-0.1, -0.05) is 30.3 Å². The maximum atomic E-state index is 12.5. The van der Waals surface area contributed by atoms with Crippen molar-refractivity contribution in [2.75, 3.05) is 0 Å². The van der Waals surface area contributed by atoms with Crippen molar-refractivity contribution in [3.05, 3.63) is 68.0 Å². The van der Waals surface area contributed by atoms with Gasteiger partial charge in [0.05, 0.1) is 0 Å². The molecule has 2 rings (SSSR count). The first-order valence-corrected chi connectivity index (χ1v) is 6.56. The molecule has 0 bridgehead atoms. The predicted molar refractivity (Wildman–Crippen MR) is 78.5 cm³/mol. The van der Waals surface area contributed by atoms with Crippen LogP contribution in [0.25, 0.3) is 0 Å². The molecule has 0 saturated carbocycles. The van der Waals surface area contributed by atoms with E-state index in [0.717, 1.165) is 4.57 Å². The molecule has 1 heterocycles. The van der Waals surface area contributed by atoms with Crippen LogP contribution in [0.5, 0.6) is 0 Å². The van der Waals surface area contributed by atoms with Crippen LogP contribution < -0.4 is 11.2 Å². The Morgan fingerprint density at radius 3 is 2.23 bits per heavy atom. The molecule has 22 heavy (non-hydrogen) atoms. The van der Waals surface area contributed by atoms with Crippen LogP contribution in [-0.2, 0) is 0 Å². The third-order valence-corrected chi connectivity index (χ3v) is 3.13. The number of hydrogen-bond donors (Lipinski definition) is 2. The molecule has 114 valence electrons. The van der Waals surface area contributed by atoms with Crippen LogP contribution in [0.15, 0.2) is 39.9 Å². The summed E-state index contributed by atoms with van der Waals surface area (Å²) >= 11 is 0. The number of carboxylic acids is 1. The molecule has 0 fully saturated rings. The Kier molecular flexibility index (Phi) is 4.07. The number of nitrogens with one attached hydrogen (secondary N) is 1. The summed E-state index contributed by atoms with van der Waals surface area (Å²) in [6.07, 6.45) is 0. The highest BCUT2D eigenvalue weighted by molar-refractivity contribution is 6.13. The van der Waals surface area contributed by atoms with Gasteiger partial charge in [-0.3, -0.25) is 14.2 Å². The number of aromatic amines is 1. The fraction of sp³-hybridized carbons (Fsp3) is 0.200. The molecule has 0 aliphatic rings. The van der Waals surface area contributed by atoms with Crippen LogP contribution in [0, 0.1) is 0 Å². The summed E-state index contributed by atoms with van der Waals surface area (Å²) in [5.41, 5.74) is -2.84. The van der Waals surface area contributed by atoms with Crippen LogP contribution in [0.2, 0.25) is 0 Å². The highest BCUT2D eigenvalue weighted by Crippen LogP contribution is 2.10. The Labute approximate surface area is 124 Å². The van der Waals surface area contributed by atoms with Gasteiger partial charge in [-0.15, -0.1) is 0 Å². The van der Waals surface area contributed by atoms with Crippen molar-refractivity contribution >= 4 is 11.8 Å². The van der Waals surface area contributed by atoms with Crippen LogP contribution in [0.3, 0.4) is 0 Å². The smallest absolute Gasteiger partial charge is 0.353 e. The largest absolute Gasteiger partial charge is 0.477 e. The molecular formula is C15H14N2O5. The molecule has 0 radical (unpaired) electrons. The molecule has 1 aromatic heterocycles. The predicted octanol–water partition coefficient (Wildman–Crippen LogP) is 1.05. The van der Waals surface area contributed by atoms with Crippen molar-refractivity contribution in [3.63, 3.8) is 0 Å². The van der Waals surface area contributed by atoms with Crippen LogP contribution in [0.1, 0.15) is 46.3 Å². The number of ketones is 1. The lowest BCUT2D eigenvalue weighted by Gasteiger charge is -2.12. The van der Waals surface area contributed by atoms with E-state index in [1.807, 2.05) is 0 Å². The molecule has 0 atom stereocenters. The fourth-order valence-corrected chi connectivity index (χ4v) is 2.12. The number of carbonyl (C=O) groups is 2. The average Bonchev–Trinajstić information content (AvgIpc) is 2.46. The summed E-state index contributed by atoms with van der Waals surface area (Å²) < 4.78 is 0.822. The lowest BCUT2D eigenvalue weighted by Crippen LogP contribution is -2.42. The van der Waals surface area contributed by atoms with Crippen LogP contribution in [-0.4, -0.2) is 26.4 Å². The number of aromatic carboxylic acids is 1. The normalized spacial score (nSPS) is 10.7. The number of benzene rings is 1. The second-order valence-corrected chi connectivity index (χ2v) is 4.95. The standard InChI is InChI=1S/C15H14N2O5/c1-8(2)17-13(19)10(11(14(20)21)16-15(17)22)12(18)9-6-4-3-5-7-9/h3-8H,1-2H3,(H,16,22)(H,20,21). The molecule has 2 aromatic rings. The zero-order valence-corrected chi connectivity index (χ0v) is 12.0. The summed E-state index contributed by atoms with van der Waals surface area (Å²) in [5.74, 6) is -2.28. The summed E-state index contributed by atoms with van der Waals surface area (Å²) in [6, 6.07) is 7.31. The number of aromatic nitrogens is 2. The Balaban J connectivity index is 2.82. The summed E-state index contributed by atoms with van der Waals surface area (Å²) in [6.45, 7) is 3.18. The zero-order chi connectivity index (χ0) is 16.4. The number of hydrogen-bond acceptors (Lipinski definition) is 4. The van der Waals surface area contributed by atoms with Crippen molar-refractivity contribution < 1.29 is 14.7 Å². The molecule has 7 nitrogen and oxygen atoms in total. The third kappa shape index (κ3) is 2.60. The number of H-pyrrole nitrogens is 1. The van der Waals surface area contributed by atoms with Gasteiger partial charge in [-0.05, 0) is 13.8 Å². The van der Waals surface area contributed by atoms with Crippen molar-refractivity contribution in [2.24, 2.45) is 0 Å². The SMILES string of the molecule is CC(C)n1c(=O)[nH]c(C(=O)O)c(C(=O)c2ccccc2)c1=O. The fourth-order valence-electron chi connectivity index (χ4n) is 2.12. The highest BCUT2D eigenvalue weighted by atomic mass is 16.4. The maximum Gasteiger partial charge on any atom is 0.353 e. The number of rotatable bonds is 4. The average molecular weight is 302 g/mol. The monoisotopic (exact) mass is 302 g/mol. The van der Waals surface area contributed by atoms with E-state index < -0.39 is 40.3 Å². The van der Waals surface area contributed by atoms with Gasteiger partial charge in [-0.25, -0.2) is 9.59 Å². The second-order valence-electron chi connectivity index (χ2n) is 4.95. The summed E-state index contributed by atoms with van der Waals surface area (Å²) in [5, 5.41) is 9.17. The molecule has 0 amide bonds. The number of carbonyl (C=O) groups excluding carboxylic acids is 1. The van der Waals surface area contributed by atoms with E-state index in [0.29, 0.717) is 0 Å². The third-order valence-electron chi connectivity index (χ3n) is 3.13. The molecule has 0 saturated heterocycles. The topological polar surface area (TPSA) is 109 Å². The van der Waals surface area contributed by atoms with Gasteiger partial charge in [-0.2, -0.15) is 0 Å². The lowest BCUT2D eigenvalue weighted by molar-refractivity contribution is 0.0684. The quantitative estimate of drug-likeness (QED) is 0.820. The molecule has 0 spiro atoms. The summed E-state index contributed by atoms with van der Waals surface area (Å²) in [7, 11) is 0. The molecule has 7 heteroatoms. The number of nitrogens with zero attached hydrogens (tertiary/aromatic N) is 1. The van der Waals surface area contributed by atoms with Gasteiger partial charge in [0, 0.05) is 11.6 Å². The zero-order valence-electron chi connectivity index (χ0n) is 12.0. The van der Waals surface area contributed by atoms with E-state index in [-0.39, 0.29) is 5.56 Å². The molecule has 1 aromatic carbocycles. The second kappa shape index (κ2) is 5.80. The van der Waals surface area contributed by atoms with E-state index in [9.17, 15) is 19.2 Å². The Morgan fingerprint density at radius 1 is 1.14 bits per heavy atom. The Hall–Kier alpha value is -2.96. The first kappa shape index (κ1) is 15.4. The van der Waals surface area contributed by atoms with Crippen molar-refractivity contribution in [3.8, 4) is 0 Å². The molecular weight excluding hydrogens is 288 g/mol. The van der Waals surface area contributed by atoms with E-state index >= 15 is 0 Å². The Bertz CT molecular complexity index is 846. The van der Waals surface area contributed by atoms with Gasteiger partial charge >= 0.3 is 11.7 Å². The molecule has 0 aliphatic carbocycles.